The fraction of sp³-hybridized carbons (Fsp3) is 0.186. The maximum Gasteiger partial charge on any atom is 0.216 e. The maximum absolute atomic E-state index is 12.5. The first kappa shape index (κ1) is 104. The number of benzene rings is 8. The monoisotopic (exact) mass is 1940 g/mol. The van der Waals surface area contributed by atoms with Gasteiger partial charge in [0.15, 0.2) is 68.9 Å². The Hall–Kier alpha value is -13.8. The molecule has 0 saturated heterocycles. The third-order valence-electron chi connectivity index (χ3n) is 19.1. The Balaban J connectivity index is 0.000000176. The van der Waals surface area contributed by atoms with E-state index in [2.05, 4.69) is 54.8 Å². The van der Waals surface area contributed by atoms with Gasteiger partial charge in [-0.25, -0.2) is 98.8 Å². The fourth-order valence-electron chi connectivity index (χ4n) is 11.8. The van der Waals surface area contributed by atoms with E-state index in [0.29, 0.717) is 93.2 Å². The number of ether oxygens (including phenoxy) is 4. The third kappa shape index (κ3) is 33.2. The van der Waals surface area contributed by atoms with E-state index in [-0.39, 0.29) is 55.9 Å². The number of nitrogen functional groups attached to an aromatic ring is 1. The molecule has 0 spiro atoms. The molecular weight excluding hydrogens is 1850 g/mol. The first-order valence-corrected chi connectivity index (χ1v) is 52.3. The van der Waals surface area contributed by atoms with Gasteiger partial charge in [0, 0.05) is 59.9 Å². The van der Waals surface area contributed by atoms with Crippen LogP contribution >= 0.6 is 0 Å². The number of rotatable bonds is 26. The van der Waals surface area contributed by atoms with Crippen LogP contribution in [0.3, 0.4) is 0 Å². The van der Waals surface area contributed by atoms with Crippen LogP contribution in [0.15, 0.2) is 345 Å². The lowest BCUT2D eigenvalue weighted by Crippen LogP contribution is -2.08. The van der Waals surface area contributed by atoms with Gasteiger partial charge >= 0.3 is 0 Å². The van der Waals surface area contributed by atoms with Crippen molar-refractivity contribution in [3.8, 4) is 34.5 Å². The van der Waals surface area contributed by atoms with Crippen LogP contribution < -0.4 is 24.7 Å². The van der Waals surface area contributed by atoms with Crippen molar-refractivity contribution in [1.29, 1.82) is 0 Å². The van der Waals surface area contributed by atoms with Gasteiger partial charge in [0.25, 0.3) is 0 Å². The van der Waals surface area contributed by atoms with Gasteiger partial charge < -0.3 is 24.7 Å². The number of nitrogens with zero attached hydrogens (tertiary/aromatic N) is 11. The van der Waals surface area contributed by atoms with Gasteiger partial charge in [-0.1, -0.05) is 137 Å². The van der Waals surface area contributed by atoms with Crippen LogP contribution in [-0.4, -0.2) is 142 Å². The Morgan fingerprint density at radius 1 is 0.269 bits per heavy atom. The maximum atomic E-state index is 12.5. The molecule has 7 heterocycles. The van der Waals surface area contributed by atoms with Crippen LogP contribution in [-0.2, 0) is 109 Å². The van der Waals surface area contributed by atoms with Crippen molar-refractivity contribution in [2.45, 2.75) is 123 Å². The minimum atomic E-state index is -3.47. The molecular formula is C97H100N12O18S7. The molecule has 8 aromatic carbocycles. The summed E-state index contributed by atoms with van der Waals surface area (Å²) in [6, 6.07) is 73.0. The quantitative estimate of drug-likeness (QED) is 0.0492. The van der Waals surface area contributed by atoms with E-state index < -0.39 is 68.9 Å². The summed E-state index contributed by atoms with van der Waals surface area (Å²) < 4.78 is 191. The SMILES string of the molecule is COc1cc(CS(=O)(=O)c2ccc(C)cc2)ccn1.COc1ccc(CS(=O)(=O)c2ccc(C)cc2)nc1.COc1ccnc(CS(=O)(=O)c2ccc(C)cc2)c1.COc1ccnc(CS(=O)(=O)c2ccc(C)cc2)n1.Cc1ccc(S(=O)(=O)Cc2cc(C)ncn2)cc1.Cc1ccc(S(=O)(=O)Cc2ccncn2)cc1.Nc1ccc(S(=O)(=O)Cc2cc(-c3ccccc3)ncn2)cc1. The van der Waals surface area contributed by atoms with Crippen molar-refractivity contribution in [2.24, 2.45) is 0 Å². The molecule has 0 atom stereocenters. The second-order valence-corrected chi connectivity index (χ2v) is 43.9. The van der Waals surface area contributed by atoms with Gasteiger partial charge in [0.1, 0.15) is 42.1 Å². The molecule has 15 aromatic rings. The van der Waals surface area contributed by atoms with Gasteiger partial charge in [-0.05, 0) is 194 Å². The Morgan fingerprint density at radius 3 is 1.04 bits per heavy atom. The summed E-state index contributed by atoms with van der Waals surface area (Å²) >= 11 is 0. The van der Waals surface area contributed by atoms with E-state index in [4.69, 9.17) is 24.7 Å². The van der Waals surface area contributed by atoms with E-state index in [1.54, 1.807) is 238 Å². The Labute approximate surface area is 782 Å². The molecule has 134 heavy (non-hydrogen) atoms. The second-order valence-electron chi connectivity index (χ2n) is 30.0. The molecule has 37 heteroatoms. The van der Waals surface area contributed by atoms with Gasteiger partial charge in [0.2, 0.25) is 11.8 Å². The van der Waals surface area contributed by atoms with E-state index in [1.165, 1.54) is 71.0 Å². The summed E-state index contributed by atoms with van der Waals surface area (Å²) in [6.45, 7) is 13.3. The molecule has 0 radical (unpaired) electrons. The minimum Gasteiger partial charge on any atom is -0.497 e. The molecule has 7 aromatic heterocycles. The molecule has 0 saturated carbocycles. The highest BCUT2D eigenvalue weighted by molar-refractivity contribution is 7.92. The van der Waals surface area contributed by atoms with E-state index in [9.17, 15) is 58.9 Å². The number of nitrogens with two attached hydrogens (primary N) is 1. The second kappa shape index (κ2) is 48.5. The third-order valence-corrected chi connectivity index (χ3v) is 30.8. The number of aryl methyl sites for hydroxylation is 7. The molecule has 0 aliphatic rings. The average Bonchev–Trinajstić information content (AvgIpc) is 0.847. The van der Waals surface area contributed by atoms with E-state index in [0.717, 1.165) is 44.6 Å². The number of anilines is 1. The first-order chi connectivity index (χ1) is 63.6. The molecule has 0 unspecified atom stereocenters. The van der Waals surface area contributed by atoms with Crippen molar-refractivity contribution >= 4 is 74.5 Å². The van der Waals surface area contributed by atoms with Gasteiger partial charge in [-0.3, -0.25) is 9.97 Å². The van der Waals surface area contributed by atoms with Crippen molar-refractivity contribution in [1.82, 2.24) is 54.8 Å². The molecule has 0 amide bonds. The van der Waals surface area contributed by atoms with Crippen molar-refractivity contribution < 1.29 is 77.9 Å². The molecule has 30 nitrogen and oxygen atoms in total. The number of pyridine rings is 3. The molecule has 0 bridgehead atoms. The summed E-state index contributed by atoms with van der Waals surface area (Å²) in [5.74, 6) is 1.27. The summed E-state index contributed by atoms with van der Waals surface area (Å²) in [4.78, 5) is 46.0. The van der Waals surface area contributed by atoms with Crippen molar-refractivity contribution in [3.05, 3.63) is 390 Å². The Bertz CT molecular complexity index is 6950. The van der Waals surface area contributed by atoms with Gasteiger partial charge in [0.05, 0.1) is 138 Å². The lowest BCUT2D eigenvalue weighted by atomic mass is 10.1. The number of hydrogen-bond acceptors (Lipinski definition) is 30. The van der Waals surface area contributed by atoms with Crippen LogP contribution in [0.1, 0.15) is 78.9 Å². The Morgan fingerprint density at radius 2 is 0.642 bits per heavy atom. The Kier molecular flexibility index (Phi) is 37.6. The lowest BCUT2D eigenvalue weighted by Gasteiger charge is -2.06. The summed E-state index contributed by atoms with van der Waals surface area (Å²) in [5, 5.41) is 0. The smallest absolute Gasteiger partial charge is 0.216 e. The minimum absolute atomic E-state index is 0.0606. The highest BCUT2D eigenvalue weighted by atomic mass is 32.2. The molecule has 2 N–H and O–H groups in total. The number of methoxy groups -OCH3 is 4. The highest BCUT2D eigenvalue weighted by Gasteiger charge is 2.24. The summed E-state index contributed by atoms with van der Waals surface area (Å²) in [6.07, 6.45) is 11.7. The molecule has 0 aliphatic heterocycles. The predicted molar refractivity (Wildman–Crippen MR) is 511 cm³/mol. The van der Waals surface area contributed by atoms with Crippen LogP contribution in [0.2, 0.25) is 0 Å². The molecule has 0 fully saturated rings. The standard InChI is InChI=1S/C17H15N3O2S.3C14H15NO3S.C13H14N2O3S.C13H14N2O2S.C12H12N2O2S/c18-14-6-8-16(9-7-14)23(21,22)11-15-10-17(20-12-19-15)13-4-2-1-3-5-13;1-11-3-7-14(8-4-11)19(16,17)10-12-5-6-13(18-2)9-15-12;1-11-3-5-14(6-4-11)19(16,17)10-12-9-13(18-2)7-8-15-12;1-11-3-5-13(6-4-11)19(16,17)10-12-7-8-15-14(9-12)18-2;1-10-3-5-11(6-4-10)19(16,17)9-12-14-8-7-13(15-12)18-2;1-10-3-5-13(6-4-10)18(16,17)8-12-7-11(2)14-9-15-12;1-10-2-4-12(5-3-10)17(15,16)8-11-6-7-13-9-14-11/h1-10,12H,11,18H2;3*3-9H,10H2,1-2H3;3-8H,9H2,1-2H3;3-7,9H,8H2,1-2H3;2-7,9H,8H2,1H3. The van der Waals surface area contributed by atoms with Crippen molar-refractivity contribution in [2.75, 3.05) is 34.2 Å². The predicted octanol–water partition coefficient (Wildman–Crippen LogP) is 15.4. The summed E-state index contributed by atoms with van der Waals surface area (Å²) in [5.41, 5.74) is 17.8. The summed E-state index contributed by atoms with van der Waals surface area (Å²) in [7, 11) is -17.6. The van der Waals surface area contributed by atoms with Crippen LogP contribution in [0.5, 0.6) is 23.3 Å². The molecule has 0 aliphatic carbocycles. The first-order valence-electron chi connectivity index (χ1n) is 40.7. The highest BCUT2D eigenvalue weighted by Crippen LogP contribution is 2.27. The van der Waals surface area contributed by atoms with Crippen LogP contribution in [0, 0.1) is 48.5 Å². The lowest BCUT2D eigenvalue weighted by molar-refractivity contribution is 0.395. The normalized spacial score (nSPS) is 11.3. The van der Waals surface area contributed by atoms with Crippen LogP contribution in [0.4, 0.5) is 5.69 Å². The van der Waals surface area contributed by atoms with E-state index >= 15 is 0 Å². The zero-order valence-corrected chi connectivity index (χ0v) is 80.8. The number of sulfone groups is 7. The van der Waals surface area contributed by atoms with Crippen molar-refractivity contribution in [3.63, 3.8) is 0 Å². The zero-order valence-electron chi connectivity index (χ0n) is 75.1. The molecule has 698 valence electrons. The number of aromatic nitrogens is 11. The van der Waals surface area contributed by atoms with E-state index in [1.807, 2.05) is 78.8 Å². The average molecular weight is 1950 g/mol. The zero-order chi connectivity index (χ0) is 97.3. The van der Waals surface area contributed by atoms with Gasteiger partial charge in [-0.2, -0.15) is 4.98 Å². The van der Waals surface area contributed by atoms with Crippen LogP contribution in [0.25, 0.3) is 11.3 Å². The molecule has 15 rings (SSSR count). The topological polar surface area (TPSA) is 444 Å². The van der Waals surface area contributed by atoms with Gasteiger partial charge in [-0.15, -0.1) is 0 Å². The largest absolute Gasteiger partial charge is 0.497 e. The fourth-order valence-corrected chi connectivity index (χ4v) is 20.7. The number of hydrogen-bond donors (Lipinski definition) is 1.